The van der Waals surface area contributed by atoms with Crippen LogP contribution in [0.2, 0.25) is 0 Å². The Hall–Kier alpha value is -2.75. The van der Waals surface area contributed by atoms with Crippen molar-refractivity contribution in [2.75, 3.05) is 7.11 Å². The highest BCUT2D eigenvalue weighted by Gasteiger charge is 2.19. The Bertz CT molecular complexity index is 688. The lowest BCUT2D eigenvalue weighted by atomic mass is 10.0. The molecule has 0 aliphatic carbocycles. The largest absolute Gasteiger partial charge is 0.507 e. The molecule has 2 aromatic rings. The van der Waals surface area contributed by atoms with E-state index in [2.05, 4.69) is 0 Å². The second-order valence-corrected chi connectivity index (χ2v) is 4.55. The van der Waals surface area contributed by atoms with Gasteiger partial charge in [0, 0.05) is 11.6 Å². The first-order chi connectivity index (χ1) is 10.0. The summed E-state index contributed by atoms with van der Waals surface area (Å²) in [4.78, 5) is 12.2. The molecule has 0 saturated carbocycles. The van der Waals surface area contributed by atoms with E-state index >= 15 is 0 Å². The van der Waals surface area contributed by atoms with Crippen LogP contribution in [0.15, 0.2) is 42.5 Å². The van der Waals surface area contributed by atoms with Crippen molar-refractivity contribution in [3.63, 3.8) is 0 Å². The molecule has 2 rings (SSSR count). The van der Waals surface area contributed by atoms with Gasteiger partial charge in [-0.15, -0.1) is 0 Å². The average Bonchev–Trinajstić information content (AvgIpc) is 2.50. The van der Waals surface area contributed by atoms with E-state index in [1.807, 2.05) is 30.3 Å². The minimum Gasteiger partial charge on any atom is -0.507 e. The molecule has 0 aliphatic heterocycles. The van der Waals surface area contributed by atoms with E-state index in [0.29, 0.717) is 11.3 Å². The van der Waals surface area contributed by atoms with Crippen LogP contribution < -0.4 is 4.74 Å². The molecule has 0 bridgehead atoms. The third-order valence-corrected chi connectivity index (χ3v) is 3.18. The van der Waals surface area contributed by atoms with E-state index in [1.54, 1.807) is 13.0 Å². The number of ketones is 1. The molecular formula is C17H16O4. The molecule has 2 N–H and O–H groups in total. The molecule has 21 heavy (non-hydrogen) atoms. The predicted molar refractivity (Wildman–Crippen MR) is 80.9 cm³/mol. The Balaban J connectivity index is 2.36. The molecule has 0 amide bonds. The molecule has 4 heteroatoms. The van der Waals surface area contributed by atoms with Crippen molar-refractivity contribution in [3.05, 3.63) is 59.2 Å². The Morgan fingerprint density at radius 3 is 2.48 bits per heavy atom. The summed E-state index contributed by atoms with van der Waals surface area (Å²) >= 11 is 0. The smallest absolute Gasteiger partial charge is 0.193 e. The summed E-state index contributed by atoms with van der Waals surface area (Å²) in [7, 11) is 1.43. The van der Waals surface area contributed by atoms with Gasteiger partial charge in [-0.1, -0.05) is 36.4 Å². The monoisotopic (exact) mass is 284 g/mol. The van der Waals surface area contributed by atoms with Crippen LogP contribution >= 0.6 is 0 Å². The third-order valence-electron chi connectivity index (χ3n) is 3.18. The van der Waals surface area contributed by atoms with Gasteiger partial charge in [0.2, 0.25) is 0 Å². The molecule has 0 fully saturated rings. The van der Waals surface area contributed by atoms with Gasteiger partial charge in [-0.05, 0) is 18.6 Å². The van der Waals surface area contributed by atoms with Gasteiger partial charge in [0.15, 0.2) is 5.78 Å². The first-order valence-electron chi connectivity index (χ1n) is 6.41. The van der Waals surface area contributed by atoms with Crippen molar-refractivity contribution in [3.8, 4) is 17.2 Å². The molecule has 0 saturated heterocycles. The number of phenols is 2. The van der Waals surface area contributed by atoms with Crippen LogP contribution in [0.4, 0.5) is 0 Å². The lowest BCUT2D eigenvalue weighted by Crippen LogP contribution is -1.99. The Labute approximate surface area is 122 Å². The van der Waals surface area contributed by atoms with Crippen molar-refractivity contribution in [2.24, 2.45) is 0 Å². The Morgan fingerprint density at radius 2 is 1.86 bits per heavy atom. The fraction of sp³-hybridized carbons (Fsp3) is 0.118. The first-order valence-corrected chi connectivity index (χ1v) is 6.41. The van der Waals surface area contributed by atoms with Gasteiger partial charge in [-0.2, -0.15) is 0 Å². The number of carbonyl (C=O) groups is 1. The topological polar surface area (TPSA) is 66.8 Å². The van der Waals surface area contributed by atoms with Gasteiger partial charge in [0.1, 0.15) is 22.8 Å². The van der Waals surface area contributed by atoms with Crippen molar-refractivity contribution in [2.45, 2.75) is 6.92 Å². The van der Waals surface area contributed by atoms with E-state index in [-0.39, 0.29) is 17.1 Å². The molecule has 0 radical (unpaired) electrons. The van der Waals surface area contributed by atoms with Crippen molar-refractivity contribution >= 4 is 11.9 Å². The number of benzene rings is 2. The SMILES string of the molecule is COc1cc(O)c(C(=O)C=Cc2ccccc2)c(O)c1C. The molecular weight excluding hydrogens is 268 g/mol. The van der Waals surface area contributed by atoms with Gasteiger partial charge in [0.05, 0.1) is 7.11 Å². The van der Waals surface area contributed by atoms with Gasteiger partial charge >= 0.3 is 0 Å². The van der Waals surface area contributed by atoms with E-state index < -0.39 is 5.78 Å². The van der Waals surface area contributed by atoms with Crippen molar-refractivity contribution < 1.29 is 19.7 Å². The van der Waals surface area contributed by atoms with E-state index in [0.717, 1.165) is 5.56 Å². The number of carbonyl (C=O) groups excluding carboxylic acids is 1. The standard InChI is InChI=1S/C17H16O4/c1-11-15(21-2)10-14(19)16(17(11)20)13(18)9-8-12-6-4-3-5-7-12/h3-10,19-20H,1-2H3. The van der Waals surface area contributed by atoms with E-state index in [1.165, 1.54) is 19.3 Å². The fourth-order valence-corrected chi connectivity index (χ4v) is 2.00. The molecule has 0 heterocycles. The zero-order valence-corrected chi connectivity index (χ0v) is 11.8. The molecule has 108 valence electrons. The molecule has 0 spiro atoms. The van der Waals surface area contributed by atoms with Crippen LogP contribution in [0.5, 0.6) is 17.2 Å². The van der Waals surface area contributed by atoms with Gasteiger partial charge < -0.3 is 14.9 Å². The fourth-order valence-electron chi connectivity index (χ4n) is 2.00. The number of ether oxygens (including phenoxy) is 1. The summed E-state index contributed by atoms with van der Waals surface area (Å²) in [6, 6.07) is 10.6. The van der Waals surface area contributed by atoms with Crippen LogP contribution in [-0.2, 0) is 0 Å². The zero-order valence-electron chi connectivity index (χ0n) is 11.8. The molecule has 4 nitrogen and oxygen atoms in total. The minimum absolute atomic E-state index is 0.125. The lowest BCUT2D eigenvalue weighted by Gasteiger charge is -2.11. The number of methoxy groups -OCH3 is 1. The predicted octanol–water partition coefficient (Wildman–Crippen LogP) is 3.31. The number of aromatic hydroxyl groups is 2. The molecule has 2 aromatic carbocycles. The number of allylic oxidation sites excluding steroid dienone is 1. The van der Waals surface area contributed by atoms with Gasteiger partial charge in [0.25, 0.3) is 0 Å². The number of hydrogen-bond donors (Lipinski definition) is 2. The molecule has 0 unspecified atom stereocenters. The summed E-state index contributed by atoms with van der Waals surface area (Å²) in [5.74, 6) is -0.722. The number of phenolic OH excluding ortho intramolecular Hbond substituents is 2. The quantitative estimate of drug-likeness (QED) is 0.667. The van der Waals surface area contributed by atoms with E-state index in [4.69, 9.17) is 4.74 Å². The summed E-state index contributed by atoms with van der Waals surface area (Å²) < 4.78 is 5.02. The summed E-state index contributed by atoms with van der Waals surface area (Å²) in [5, 5.41) is 20.0. The second kappa shape index (κ2) is 6.13. The normalized spacial score (nSPS) is 10.8. The van der Waals surface area contributed by atoms with Crippen molar-refractivity contribution in [1.29, 1.82) is 0 Å². The number of hydrogen-bond acceptors (Lipinski definition) is 4. The Kier molecular flexibility index (Phi) is 4.28. The van der Waals surface area contributed by atoms with Gasteiger partial charge in [-0.25, -0.2) is 0 Å². The summed E-state index contributed by atoms with van der Waals surface area (Å²) in [6.07, 6.45) is 2.94. The minimum atomic E-state index is -0.473. The number of rotatable bonds is 4. The summed E-state index contributed by atoms with van der Waals surface area (Å²) in [6.45, 7) is 1.62. The van der Waals surface area contributed by atoms with Crippen LogP contribution in [-0.4, -0.2) is 23.1 Å². The maximum atomic E-state index is 12.2. The zero-order chi connectivity index (χ0) is 15.4. The highest BCUT2D eigenvalue weighted by Crippen LogP contribution is 2.37. The van der Waals surface area contributed by atoms with Crippen LogP contribution in [0.1, 0.15) is 21.5 Å². The average molecular weight is 284 g/mol. The van der Waals surface area contributed by atoms with Crippen LogP contribution in [0.25, 0.3) is 6.08 Å². The van der Waals surface area contributed by atoms with E-state index in [9.17, 15) is 15.0 Å². The lowest BCUT2D eigenvalue weighted by molar-refractivity contribution is 0.104. The molecule has 0 aromatic heterocycles. The Morgan fingerprint density at radius 1 is 1.19 bits per heavy atom. The maximum Gasteiger partial charge on any atom is 0.193 e. The molecule has 0 atom stereocenters. The first kappa shape index (κ1) is 14.7. The van der Waals surface area contributed by atoms with Crippen LogP contribution in [0, 0.1) is 6.92 Å². The van der Waals surface area contributed by atoms with Crippen molar-refractivity contribution in [1.82, 2.24) is 0 Å². The highest BCUT2D eigenvalue weighted by molar-refractivity contribution is 6.10. The summed E-state index contributed by atoms with van der Waals surface area (Å²) in [5.41, 5.74) is 1.14. The molecule has 0 aliphatic rings. The van der Waals surface area contributed by atoms with Gasteiger partial charge in [-0.3, -0.25) is 4.79 Å². The van der Waals surface area contributed by atoms with Crippen LogP contribution in [0.3, 0.4) is 0 Å². The maximum absolute atomic E-state index is 12.2. The second-order valence-electron chi connectivity index (χ2n) is 4.55. The highest BCUT2D eigenvalue weighted by atomic mass is 16.5. The third kappa shape index (κ3) is 3.05.